The van der Waals surface area contributed by atoms with Crippen molar-refractivity contribution in [2.24, 2.45) is 5.84 Å². The maximum Gasteiger partial charge on any atom is 0.265 e. The Morgan fingerprint density at radius 3 is 2.67 bits per heavy atom. The quantitative estimate of drug-likeness (QED) is 0.518. The molecule has 0 aliphatic heterocycles. The number of ether oxygens (including phenoxy) is 1. The summed E-state index contributed by atoms with van der Waals surface area (Å²) in [4.78, 5) is 11.4. The molecule has 3 N–H and O–H groups in total. The monoisotopic (exact) mass is 312 g/mol. The van der Waals surface area contributed by atoms with Gasteiger partial charge in [-0.15, -0.1) is 0 Å². The topological polar surface area (TPSA) is 64.3 Å². The maximum absolute atomic E-state index is 13.7. The van der Waals surface area contributed by atoms with Crippen LogP contribution in [0.1, 0.15) is 15.9 Å². The number of nitrogens with one attached hydrogen (secondary N) is 1. The van der Waals surface area contributed by atoms with E-state index in [2.05, 4.69) is 0 Å². The third-order valence-corrected chi connectivity index (χ3v) is 3.01. The molecule has 0 bridgehead atoms. The Bertz CT molecular complexity index is 680. The maximum atomic E-state index is 13.7. The number of rotatable bonds is 4. The van der Waals surface area contributed by atoms with Gasteiger partial charge in [0.2, 0.25) is 0 Å². The van der Waals surface area contributed by atoms with Gasteiger partial charge >= 0.3 is 0 Å². The number of amides is 1. The number of nitrogen functional groups attached to an aromatic ring is 1. The van der Waals surface area contributed by atoms with Gasteiger partial charge in [-0.3, -0.25) is 10.2 Å². The molecular formula is C14H11ClF2N2O2. The van der Waals surface area contributed by atoms with Crippen LogP contribution in [0.4, 0.5) is 8.78 Å². The fourth-order valence-electron chi connectivity index (χ4n) is 1.66. The smallest absolute Gasteiger partial charge is 0.265 e. The van der Waals surface area contributed by atoms with E-state index in [4.69, 9.17) is 22.2 Å². The van der Waals surface area contributed by atoms with Crippen LogP contribution in [-0.2, 0) is 6.61 Å². The van der Waals surface area contributed by atoms with Crippen molar-refractivity contribution in [1.82, 2.24) is 5.43 Å². The highest BCUT2D eigenvalue weighted by Gasteiger charge is 2.10. The lowest BCUT2D eigenvalue weighted by Gasteiger charge is -2.10. The Balaban J connectivity index is 2.17. The number of hydrogen-bond donors (Lipinski definition) is 2. The first-order valence-corrected chi connectivity index (χ1v) is 6.26. The first kappa shape index (κ1) is 15.2. The first-order chi connectivity index (χ1) is 10.0. The van der Waals surface area contributed by atoms with Crippen molar-refractivity contribution in [2.75, 3.05) is 0 Å². The lowest BCUT2D eigenvalue weighted by molar-refractivity contribution is 0.0953. The van der Waals surface area contributed by atoms with Gasteiger partial charge in [0, 0.05) is 11.1 Å². The molecule has 0 fully saturated rings. The number of halogens is 3. The van der Waals surface area contributed by atoms with Crippen molar-refractivity contribution in [3.8, 4) is 5.75 Å². The Hall–Kier alpha value is -2.18. The molecule has 110 valence electrons. The van der Waals surface area contributed by atoms with Gasteiger partial charge in [-0.2, -0.15) is 0 Å². The van der Waals surface area contributed by atoms with E-state index in [1.54, 1.807) is 0 Å². The Morgan fingerprint density at radius 2 is 2.00 bits per heavy atom. The number of carbonyl (C=O) groups excluding carboxylic acids is 1. The average molecular weight is 313 g/mol. The van der Waals surface area contributed by atoms with Crippen LogP contribution in [0.3, 0.4) is 0 Å². The zero-order chi connectivity index (χ0) is 15.4. The summed E-state index contributed by atoms with van der Waals surface area (Å²) in [5.41, 5.74) is 2.30. The molecule has 4 nitrogen and oxygen atoms in total. The molecule has 2 rings (SSSR count). The highest BCUT2D eigenvalue weighted by molar-refractivity contribution is 6.32. The molecule has 0 aliphatic rings. The van der Waals surface area contributed by atoms with Crippen LogP contribution in [0.25, 0.3) is 0 Å². The number of hydrazine groups is 1. The van der Waals surface area contributed by atoms with E-state index < -0.39 is 17.5 Å². The second kappa shape index (κ2) is 6.51. The summed E-state index contributed by atoms with van der Waals surface area (Å²) in [6, 6.07) is 7.35. The number of nitrogens with two attached hydrogens (primary N) is 1. The number of carbonyl (C=O) groups is 1. The van der Waals surface area contributed by atoms with E-state index in [1.165, 1.54) is 24.3 Å². The lowest BCUT2D eigenvalue weighted by Crippen LogP contribution is -2.30. The molecule has 0 spiro atoms. The standard InChI is InChI=1S/C14H11ClF2N2O2/c15-11-6-10(16)2-4-13(11)21-7-9-5-8(14(20)19-18)1-3-12(9)17/h1-6H,7,18H2,(H,19,20). The minimum Gasteiger partial charge on any atom is -0.487 e. The molecule has 0 aliphatic carbocycles. The summed E-state index contributed by atoms with van der Waals surface area (Å²) in [5.74, 6) is 3.64. The predicted molar refractivity (Wildman–Crippen MR) is 73.8 cm³/mol. The largest absolute Gasteiger partial charge is 0.487 e. The van der Waals surface area contributed by atoms with E-state index in [-0.39, 0.29) is 28.5 Å². The molecule has 0 saturated carbocycles. The fourth-order valence-corrected chi connectivity index (χ4v) is 1.88. The van der Waals surface area contributed by atoms with Crippen molar-refractivity contribution in [2.45, 2.75) is 6.61 Å². The number of hydrogen-bond acceptors (Lipinski definition) is 3. The average Bonchev–Trinajstić information content (AvgIpc) is 2.47. The number of benzene rings is 2. The van der Waals surface area contributed by atoms with E-state index in [9.17, 15) is 13.6 Å². The first-order valence-electron chi connectivity index (χ1n) is 5.88. The van der Waals surface area contributed by atoms with Crippen molar-refractivity contribution < 1.29 is 18.3 Å². The Labute approximate surface area is 124 Å². The molecule has 0 unspecified atom stereocenters. The lowest BCUT2D eigenvalue weighted by atomic mass is 10.1. The molecule has 0 aromatic heterocycles. The van der Waals surface area contributed by atoms with Gasteiger partial charge in [-0.25, -0.2) is 14.6 Å². The van der Waals surface area contributed by atoms with Crippen LogP contribution in [0.5, 0.6) is 5.75 Å². The molecule has 2 aromatic carbocycles. The third-order valence-electron chi connectivity index (χ3n) is 2.72. The van der Waals surface area contributed by atoms with E-state index >= 15 is 0 Å². The Kier molecular flexibility index (Phi) is 4.72. The second-order valence-corrected chi connectivity index (χ2v) is 4.55. The zero-order valence-electron chi connectivity index (χ0n) is 10.7. The summed E-state index contributed by atoms with van der Waals surface area (Å²) in [6.45, 7) is -0.164. The van der Waals surface area contributed by atoms with Gasteiger partial charge in [0.1, 0.15) is 24.0 Å². The molecule has 21 heavy (non-hydrogen) atoms. The van der Waals surface area contributed by atoms with E-state index in [0.29, 0.717) is 0 Å². The van der Waals surface area contributed by atoms with E-state index in [1.807, 2.05) is 5.43 Å². The van der Waals surface area contributed by atoms with Gasteiger partial charge < -0.3 is 4.74 Å². The van der Waals surface area contributed by atoms with Crippen LogP contribution in [0, 0.1) is 11.6 Å². The molecule has 0 saturated heterocycles. The summed E-state index contributed by atoms with van der Waals surface area (Å²) in [6.07, 6.45) is 0. The fraction of sp³-hybridized carbons (Fsp3) is 0.0714. The molecule has 7 heteroatoms. The zero-order valence-corrected chi connectivity index (χ0v) is 11.5. The van der Waals surface area contributed by atoms with Crippen molar-refractivity contribution in [1.29, 1.82) is 0 Å². The molecular weight excluding hydrogens is 302 g/mol. The predicted octanol–water partition coefficient (Wildman–Crippen LogP) is 2.80. The van der Waals surface area contributed by atoms with Crippen LogP contribution < -0.4 is 16.0 Å². The molecule has 1 amide bonds. The molecule has 0 radical (unpaired) electrons. The minimum atomic E-state index is -0.545. The Morgan fingerprint density at radius 1 is 1.24 bits per heavy atom. The van der Waals surface area contributed by atoms with Crippen LogP contribution >= 0.6 is 11.6 Å². The highest BCUT2D eigenvalue weighted by Crippen LogP contribution is 2.26. The second-order valence-electron chi connectivity index (χ2n) is 4.14. The summed E-state index contributed by atoms with van der Waals surface area (Å²) < 4.78 is 31.9. The van der Waals surface area contributed by atoms with Crippen molar-refractivity contribution >= 4 is 17.5 Å². The molecule has 2 aromatic rings. The van der Waals surface area contributed by atoms with Crippen LogP contribution in [0.15, 0.2) is 36.4 Å². The highest BCUT2D eigenvalue weighted by atomic mass is 35.5. The van der Waals surface area contributed by atoms with Crippen molar-refractivity contribution in [3.05, 3.63) is 64.2 Å². The molecule has 0 heterocycles. The van der Waals surface area contributed by atoms with Crippen LogP contribution in [-0.4, -0.2) is 5.91 Å². The van der Waals surface area contributed by atoms with Gasteiger partial charge in [-0.05, 0) is 36.4 Å². The van der Waals surface area contributed by atoms with Crippen molar-refractivity contribution in [3.63, 3.8) is 0 Å². The van der Waals surface area contributed by atoms with Gasteiger partial charge in [0.15, 0.2) is 0 Å². The van der Waals surface area contributed by atoms with Gasteiger partial charge in [0.25, 0.3) is 5.91 Å². The van der Waals surface area contributed by atoms with E-state index in [0.717, 1.165) is 12.1 Å². The van der Waals surface area contributed by atoms with Gasteiger partial charge in [0.05, 0.1) is 5.02 Å². The summed E-state index contributed by atoms with van der Waals surface area (Å²) in [5, 5.41) is 0.0752. The summed E-state index contributed by atoms with van der Waals surface area (Å²) in [7, 11) is 0. The minimum absolute atomic E-state index is 0.0752. The SMILES string of the molecule is NNC(=O)c1ccc(F)c(COc2ccc(F)cc2Cl)c1. The van der Waals surface area contributed by atoms with Crippen LogP contribution in [0.2, 0.25) is 5.02 Å². The molecule has 0 atom stereocenters. The summed E-state index contributed by atoms with van der Waals surface area (Å²) >= 11 is 5.80. The van der Waals surface area contributed by atoms with Gasteiger partial charge in [-0.1, -0.05) is 11.6 Å². The normalized spacial score (nSPS) is 10.3. The third kappa shape index (κ3) is 3.68.